The number of esters is 1. The minimum Gasteiger partial charge on any atom is -0.459 e. The van der Waals surface area contributed by atoms with Gasteiger partial charge < -0.3 is 4.74 Å². The predicted octanol–water partition coefficient (Wildman–Crippen LogP) is 4.13. The Morgan fingerprint density at radius 3 is 1.82 bits per heavy atom. The van der Waals surface area contributed by atoms with Crippen LogP contribution in [0.2, 0.25) is 0 Å². The van der Waals surface area contributed by atoms with Crippen molar-refractivity contribution < 1.29 is 13.9 Å². The minimum absolute atomic E-state index is 0.0982. The van der Waals surface area contributed by atoms with E-state index in [0.717, 1.165) is 0 Å². The van der Waals surface area contributed by atoms with E-state index in [9.17, 15) is 9.18 Å². The molecule has 0 bridgehead atoms. The van der Waals surface area contributed by atoms with E-state index in [-0.39, 0.29) is 5.41 Å². The number of halogens is 1. The molecule has 0 N–H and O–H groups in total. The maximum atomic E-state index is 13.4. The molecule has 0 aliphatic carbocycles. The van der Waals surface area contributed by atoms with Crippen molar-refractivity contribution in [3.8, 4) is 0 Å². The fourth-order valence-electron chi connectivity index (χ4n) is 1.94. The van der Waals surface area contributed by atoms with Crippen molar-refractivity contribution in [3.63, 3.8) is 0 Å². The molecule has 102 valence electrons. The van der Waals surface area contributed by atoms with Crippen molar-refractivity contribution in [2.75, 3.05) is 6.67 Å². The third-order valence-corrected chi connectivity index (χ3v) is 2.63. The van der Waals surface area contributed by atoms with Crippen LogP contribution in [0.4, 0.5) is 4.39 Å². The lowest BCUT2D eigenvalue weighted by atomic mass is 9.73. The fraction of sp³-hybridized carbons (Fsp3) is 0.929. The molecule has 0 spiro atoms. The standard InChI is InChI=1S/C14H27FO2/c1-8-14(10-15,9-12(2,3)4)11(16)17-13(5,6)7/h8-10H2,1-7H3. The summed E-state index contributed by atoms with van der Waals surface area (Å²) < 4.78 is 18.7. The van der Waals surface area contributed by atoms with Gasteiger partial charge in [0.05, 0.1) is 5.41 Å². The third kappa shape index (κ3) is 5.51. The van der Waals surface area contributed by atoms with Gasteiger partial charge in [-0.2, -0.15) is 0 Å². The summed E-state index contributed by atoms with van der Waals surface area (Å²) in [5.74, 6) is -0.412. The van der Waals surface area contributed by atoms with Crippen LogP contribution < -0.4 is 0 Å². The van der Waals surface area contributed by atoms with E-state index in [1.165, 1.54) is 0 Å². The number of carbonyl (C=O) groups is 1. The number of hydrogen-bond acceptors (Lipinski definition) is 2. The highest BCUT2D eigenvalue weighted by Gasteiger charge is 2.43. The van der Waals surface area contributed by atoms with E-state index < -0.39 is 23.7 Å². The lowest BCUT2D eigenvalue weighted by molar-refractivity contribution is -0.171. The average Bonchev–Trinajstić information content (AvgIpc) is 2.09. The maximum Gasteiger partial charge on any atom is 0.315 e. The lowest BCUT2D eigenvalue weighted by Crippen LogP contribution is -2.41. The molecular formula is C14H27FO2. The highest BCUT2D eigenvalue weighted by atomic mass is 19.1. The molecule has 0 saturated carbocycles. The van der Waals surface area contributed by atoms with Gasteiger partial charge >= 0.3 is 5.97 Å². The monoisotopic (exact) mass is 246 g/mol. The van der Waals surface area contributed by atoms with Crippen LogP contribution in [0, 0.1) is 10.8 Å². The summed E-state index contributed by atoms with van der Waals surface area (Å²) in [4.78, 5) is 12.2. The van der Waals surface area contributed by atoms with Crippen molar-refractivity contribution in [2.24, 2.45) is 10.8 Å². The van der Waals surface area contributed by atoms with E-state index in [0.29, 0.717) is 12.8 Å². The van der Waals surface area contributed by atoms with Gasteiger partial charge in [-0.25, -0.2) is 4.39 Å². The second-order valence-corrected chi connectivity index (χ2v) is 7.01. The Labute approximate surface area is 105 Å². The molecule has 0 aromatic carbocycles. The highest BCUT2D eigenvalue weighted by molar-refractivity contribution is 5.77. The van der Waals surface area contributed by atoms with Crippen LogP contribution in [-0.4, -0.2) is 18.2 Å². The predicted molar refractivity (Wildman–Crippen MR) is 68.6 cm³/mol. The smallest absolute Gasteiger partial charge is 0.315 e. The molecule has 0 saturated heterocycles. The number of ether oxygens (including phenoxy) is 1. The molecule has 2 nitrogen and oxygen atoms in total. The van der Waals surface area contributed by atoms with Gasteiger partial charge in [-0.3, -0.25) is 4.79 Å². The van der Waals surface area contributed by atoms with Gasteiger partial charge in [0, 0.05) is 0 Å². The van der Waals surface area contributed by atoms with Crippen LogP contribution >= 0.6 is 0 Å². The van der Waals surface area contributed by atoms with Crippen LogP contribution in [0.3, 0.4) is 0 Å². The van der Waals surface area contributed by atoms with Crippen LogP contribution in [0.15, 0.2) is 0 Å². The second-order valence-electron chi connectivity index (χ2n) is 7.01. The van der Waals surface area contributed by atoms with Crippen LogP contribution in [0.5, 0.6) is 0 Å². The first-order valence-electron chi connectivity index (χ1n) is 6.25. The SMILES string of the molecule is CCC(CF)(CC(C)(C)C)C(=O)OC(C)(C)C. The molecule has 1 unspecified atom stereocenters. The molecule has 0 rings (SSSR count). The second kappa shape index (κ2) is 5.36. The summed E-state index contributed by atoms with van der Waals surface area (Å²) >= 11 is 0. The summed E-state index contributed by atoms with van der Waals surface area (Å²) in [6, 6.07) is 0. The average molecular weight is 246 g/mol. The first-order valence-corrected chi connectivity index (χ1v) is 6.25. The van der Waals surface area contributed by atoms with Gasteiger partial charge in [0.15, 0.2) is 0 Å². The minimum atomic E-state index is -0.995. The summed E-state index contributed by atoms with van der Waals surface area (Å²) in [6.45, 7) is 12.6. The summed E-state index contributed by atoms with van der Waals surface area (Å²) in [6.07, 6.45) is 0.970. The third-order valence-electron chi connectivity index (χ3n) is 2.63. The number of hydrogen-bond donors (Lipinski definition) is 0. The number of rotatable bonds is 4. The number of alkyl halides is 1. The molecule has 0 aromatic rings. The first kappa shape index (κ1) is 16.4. The Kier molecular flexibility index (Phi) is 5.17. The zero-order chi connectivity index (χ0) is 13.9. The Morgan fingerprint density at radius 1 is 1.12 bits per heavy atom. The van der Waals surface area contributed by atoms with Crippen LogP contribution in [0.1, 0.15) is 61.3 Å². The maximum absolute atomic E-state index is 13.4. The molecule has 0 heterocycles. The molecule has 0 fully saturated rings. The summed E-state index contributed by atoms with van der Waals surface area (Å²) in [5, 5.41) is 0. The summed E-state index contributed by atoms with van der Waals surface area (Å²) in [7, 11) is 0. The van der Waals surface area contributed by atoms with Gasteiger partial charge in [0.25, 0.3) is 0 Å². The topological polar surface area (TPSA) is 26.3 Å². The van der Waals surface area contributed by atoms with Crippen molar-refractivity contribution in [2.45, 2.75) is 66.9 Å². The Hall–Kier alpha value is -0.600. The molecule has 0 aromatic heterocycles. The quantitative estimate of drug-likeness (QED) is 0.697. The molecule has 17 heavy (non-hydrogen) atoms. The molecule has 0 aliphatic rings. The van der Waals surface area contributed by atoms with E-state index >= 15 is 0 Å². The number of carbonyl (C=O) groups excluding carboxylic acids is 1. The molecule has 3 heteroatoms. The van der Waals surface area contributed by atoms with Gasteiger partial charge in [0.2, 0.25) is 0 Å². The van der Waals surface area contributed by atoms with Crippen LogP contribution in [0.25, 0.3) is 0 Å². The fourth-order valence-corrected chi connectivity index (χ4v) is 1.94. The van der Waals surface area contributed by atoms with E-state index in [1.807, 2.05) is 27.7 Å². The molecule has 0 aliphatic heterocycles. The van der Waals surface area contributed by atoms with E-state index in [2.05, 4.69) is 0 Å². The largest absolute Gasteiger partial charge is 0.459 e. The summed E-state index contributed by atoms with van der Waals surface area (Å²) in [5.41, 5.74) is -1.66. The van der Waals surface area contributed by atoms with Crippen molar-refractivity contribution in [1.29, 1.82) is 0 Å². The Bertz CT molecular complexity index is 254. The molecule has 0 radical (unpaired) electrons. The highest BCUT2D eigenvalue weighted by Crippen LogP contribution is 2.39. The van der Waals surface area contributed by atoms with Crippen molar-refractivity contribution >= 4 is 5.97 Å². The Balaban J connectivity index is 5.01. The molecular weight excluding hydrogens is 219 g/mol. The molecule has 0 amide bonds. The van der Waals surface area contributed by atoms with Crippen LogP contribution in [-0.2, 0) is 9.53 Å². The zero-order valence-corrected chi connectivity index (χ0v) is 12.3. The van der Waals surface area contributed by atoms with E-state index in [1.54, 1.807) is 20.8 Å². The van der Waals surface area contributed by atoms with Crippen molar-refractivity contribution in [3.05, 3.63) is 0 Å². The van der Waals surface area contributed by atoms with Gasteiger partial charge in [-0.05, 0) is 39.0 Å². The Morgan fingerprint density at radius 2 is 1.59 bits per heavy atom. The van der Waals surface area contributed by atoms with Gasteiger partial charge in [-0.1, -0.05) is 27.7 Å². The molecule has 1 atom stereocenters. The zero-order valence-electron chi connectivity index (χ0n) is 12.3. The lowest BCUT2D eigenvalue weighted by Gasteiger charge is -2.36. The van der Waals surface area contributed by atoms with E-state index in [4.69, 9.17) is 4.74 Å². The van der Waals surface area contributed by atoms with Crippen molar-refractivity contribution in [1.82, 2.24) is 0 Å². The van der Waals surface area contributed by atoms with Gasteiger partial charge in [0.1, 0.15) is 12.3 Å². The van der Waals surface area contributed by atoms with Gasteiger partial charge in [-0.15, -0.1) is 0 Å². The first-order chi connectivity index (χ1) is 7.46. The normalized spacial score (nSPS) is 16.5.